The topological polar surface area (TPSA) is 114 Å². The molecule has 2 aromatic heterocycles. The van der Waals surface area contributed by atoms with Gasteiger partial charge in [-0.1, -0.05) is 35.0 Å². The van der Waals surface area contributed by atoms with Crippen molar-refractivity contribution in [2.75, 3.05) is 6.54 Å². The molecule has 166 valence electrons. The van der Waals surface area contributed by atoms with E-state index in [4.69, 9.17) is 16.1 Å². The molecule has 0 saturated heterocycles. The second-order valence-corrected chi connectivity index (χ2v) is 9.76. The number of fused-ring (bicyclic) bond motifs is 2. The van der Waals surface area contributed by atoms with Gasteiger partial charge in [-0.25, -0.2) is 0 Å². The van der Waals surface area contributed by atoms with E-state index in [-0.39, 0.29) is 19.1 Å². The van der Waals surface area contributed by atoms with E-state index >= 15 is 0 Å². The van der Waals surface area contributed by atoms with Crippen LogP contribution in [-0.2, 0) is 23.3 Å². The molecule has 0 saturated carbocycles. The maximum Gasteiger partial charge on any atom is 0.336 e. The molecule has 32 heavy (non-hydrogen) atoms. The number of halogens is 1. The van der Waals surface area contributed by atoms with Crippen molar-refractivity contribution in [1.29, 1.82) is 0 Å². The molecule has 0 spiro atoms. The van der Waals surface area contributed by atoms with Crippen molar-refractivity contribution < 1.29 is 17.5 Å². The maximum absolute atomic E-state index is 11.5. The van der Waals surface area contributed by atoms with Crippen LogP contribution in [-0.4, -0.2) is 43.7 Å². The van der Waals surface area contributed by atoms with Gasteiger partial charge in [0.25, 0.3) is 5.89 Å². The predicted molar refractivity (Wildman–Crippen MR) is 120 cm³/mol. The Bertz CT molecular complexity index is 1440. The summed E-state index contributed by atoms with van der Waals surface area (Å²) in [5, 5.41) is 9.77. The Morgan fingerprint density at radius 3 is 2.78 bits per heavy atom. The summed E-state index contributed by atoms with van der Waals surface area (Å²) in [6, 6.07) is 11.4. The molecule has 9 nitrogen and oxygen atoms in total. The molecule has 0 unspecified atom stereocenters. The number of hydrogen-bond donors (Lipinski definition) is 1. The first-order valence-electron chi connectivity index (χ1n) is 10.1. The lowest BCUT2D eigenvalue weighted by molar-refractivity contribution is 0.337. The van der Waals surface area contributed by atoms with Crippen LogP contribution in [0.15, 0.2) is 40.9 Å². The molecule has 1 N–H and O–H groups in total. The van der Waals surface area contributed by atoms with Crippen molar-refractivity contribution in [3.63, 3.8) is 0 Å². The average Bonchev–Trinajstić information content (AvgIpc) is 3.37. The van der Waals surface area contributed by atoms with Crippen molar-refractivity contribution in [3.05, 3.63) is 52.7 Å². The molecule has 5 rings (SSSR count). The van der Waals surface area contributed by atoms with Gasteiger partial charge in [-0.3, -0.25) is 9.23 Å². The van der Waals surface area contributed by atoms with Crippen LogP contribution < -0.4 is 0 Å². The third-order valence-corrected chi connectivity index (χ3v) is 6.86. The third kappa shape index (κ3) is 3.58. The average molecular weight is 474 g/mol. The summed E-state index contributed by atoms with van der Waals surface area (Å²) < 4.78 is 40.8. The SMILES string of the molecule is CC(C)n1nc(Cl)c2cc(-c3nc(-c4cccc5c4CCN(S(=O)(=O)O)C5)no3)ccc21. The summed E-state index contributed by atoms with van der Waals surface area (Å²) in [4.78, 5) is 4.58. The minimum atomic E-state index is -4.24. The van der Waals surface area contributed by atoms with E-state index in [0.717, 1.165) is 37.5 Å². The van der Waals surface area contributed by atoms with Gasteiger partial charge >= 0.3 is 10.3 Å². The maximum atomic E-state index is 11.5. The summed E-state index contributed by atoms with van der Waals surface area (Å²) >= 11 is 6.34. The number of benzene rings is 2. The van der Waals surface area contributed by atoms with E-state index in [2.05, 4.69) is 15.2 Å². The van der Waals surface area contributed by atoms with Crippen molar-refractivity contribution >= 4 is 32.8 Å². The Balaban J connectivity index is 1.51. The Morgan fingerprint density at radius 1 is 1.22 bits per heavy atom. The van der Waals surface area contributed by atoms with E-state index in [1.54, 1.807) is 0 Å². The highest BCUT2D eigenvalue weighted by Gasteiger charge is 2.27. The smallest absolute Gasteiger partial charge is 0.334 e. The third-order valence-electron chi connectivity index (χ3n) is 5.62. The molecule has 3 heterocycles. The molecule has 0 bridgehead atoms. The summed E-state index contributed by atoms with van der Waals surface area (Å²) in [6.45, 7) is 4.36. The van der Waals surface area contributed by atoms with E-state index in [0.29, 0.717) is 23.3 Å². The zero-order valence-electron chi connectivity index (χ0n) is 17.4. The number of nitrogens with zero attached hydrogens (tertiary/aromatic N) is 5. The second-order valence-electron chi connectivity index (χ2n) is 7.99. The van der Waals surface area contributed by atoms with E-state index in [1.807, 2.05) is 54.9 Å². The minimum Gasteiger partial charge on any atom is -0.334 e. The fourth-order valence-corrected chi connectivity index (χ4v) is 4.93. The molecule has 2 aromatic carbocycles. The largest absolute Gasteiger partial charge is 0.336 e. The monoisotopic (exact) mass is 473 g/mol. The zero-order valence-corrected chi connectivity index (χ0v) is 18.9. The van der Waals surface area contributed by atoms with Crippen LogP contribution in [0, 0.1) is 0 Å². The lowest BCUT2D eigenvalue weighted by atomic mass is 9.95. The zero-order chi connectivity index (χ0) is 22.6. The summed E-state index contributed by atoms with van der Waals surface area (Å²) in [7, 11) is -4.24. The molecule has 4 aromatic rings. The van der Waals surface area contributed by atoms with Gasteiger partial charge in [0.1, 0.15) is 0 Å². The van der Waals surface area contributed by atoms with Crippen LogP contribution in [0.5, 0.6) is 0 Å². The first-order valence-corrected chi connectivity index (χ1v) is 11.9. The van der Waals surface area contributed by atoms with Gasteiger partial charge in [-0.2, -0.15) is 22.8 Å². The molecule has 0 atom stereocenters. The van der Waals surface area contributed by atoms with Crippen molar-refractivity contribution in [2.24, 2.45) is 0 Å². The van der Waals surface area contributed by atoms with Crippen molar-refractivity contribution in [3.8, 4) is 22.8 Å². The second kappa shape index (κ2) is 7.66. The molecule has 1 aliphatic heterocycles. The number of aromatic nitrogens is 4. The molecule has 0 fully saturated rings. The Labute approximate surface area is 189 Å². The van der Waals surface area contributed by atoms with Crippen LogP contribution in [0.4, 0.5) is 0 Å². The fourth-order valence-electron chi connectivity index (χ4n) is 4.07. The van der Waals surface area contributed by atoms with Gasteiger partial charge in [0, 0.05) is 35.6 Å². The van der Waals surface area contributed by atoms with Crippen molar-refractivity contribution in [2.45, 2.75) is 32.9 Å². The van der Waals surface area contributed by atoms with E-state index in [1.165, 1.54) is 0 Å². The van der Waals surface area contributed by atoms with Gasteiger partial charge in [0.2, 0.25) is 5.82 Å². The molecular weight excluding hydrogens is 454 g/mol. The molecule has 1 aliphatic rings. The molecular formula is C21H20ClN5O4S. The first kappa shape index (κ1) is 21.1. The van der Waals surface area contributed by atoms with Gasteiger partial charge in [-0.05, 0) is 49.6 Å². The van der Waals surface area contributed by atoms with Gasteiger partial charge in [0.15, 0.2) is 5.15 Å². The summed E-state index contributed by atoms with van der Waals surface area (Å²) in [5.41, 5.74) is 4.17. The van der Waals surface area contributed by atoms with Crippen LogP contribution in [0.1, 0.15) is 31.0 Å². The quantitative estimate of drug-likeness (QED) is 0.443. The van der Waals surface area contributed by atoms with Gasteiger partial charge < -0.3 is 4.52 Å². The first-order chi connectivity index (χ1) is 15.2. The lowest BCUT2D eigenvalue weighted by Crippen LogP contribution is -2.35. The lowest BCUT2D eigenvalue weighted by Gasteiger charge is -2.26. The fraction of sp³-hybridized carbons (Fsp3) is 0.286. The molecule has 0 radical (unpaired) electrons. The van der Waals surface area contributed by atoms with Gasteiger partial charge in [0.05, 0.1) is 5.52 Å². The minimum absolute atomic E-state index is 0.0989. The van der Waals surface area contributed by atoms with Crippen molar-refractivity contribution in [1.82, 2.24) is 24.2 Å². The summed E-state index contributed by atoms with van der Waals surface area (Å²) in [6.07, 6.45) is 0.436. The highest BCUT2D eigenvalue weighted by atomic mass is 35.5. The number of rotatable bonds is 4. The van der Waals surface area contributed by atoms with E-state index in [9.17, 15) is 13.0 Å². The Morgan fingerprint density at radius 2 is 2.03 bits per heavy atom. The molecule has 0 amide bonds. The standard InChI is InChI=1S/C21H20ClN5O4S/c1-12(2)27-18-7-6-13(10-17(18)19(22)24-27)21-23-20(25-31-21)16-5-3-4-14-11-26(32(28,29)30)9-8-15(14)16/h3-7,10,12H,8-9,11H2,1-2H3,(H,28,29,30). The van der Waals surface area contributed by atoms with Crippen LogP contribution in [0.2, 0.25) is 5.15 Å². The Hall–Kier alpha value is -2.79. The van der Waals surface area contributed by atoms with Crippen LogP contribution in [0.3, 0.4) is 0 Å². The number of hydrogen-bond acceptors (Lipinski definition) is 6. The highest BCUT2D eigenvalue weighted by Crippen LogP contribution is 2.33. The van der Waals surface area contributed by atoms with Gasteiger partial charge in [-0.15, -0.1) is 0 Å². The predicted octanol–water partition coefficient (Wildman–Crippen LogP) is 4.15. The molecule has 0 aliphatic carbocycles. The van der Waals surface area contributed by atoms with E-state index < -0.39 is 10.3 Å². The normalized spacial score (nSPS) is 14.9. The molecule has 11 heteroatoms. The highest BCUT2D eigenvalue weighted by molar-refractivity contribution is 7.83. The summed E-state index contributed by atoms with van der Waals surface area (Å²) in [5.74, 6) is 0.768. The van der Waals surface area contributed by atoms with Crippen LogP contribution in [0.25, 0.3) is 33.7 Å². The van der Waals surface area contributed by atoms with Crippen LogP contribution >= 0.6 is 11.6 Å². The Kier molecular flexibility index (Phi) is 5.05.